The number of carbonyl (C=O) groups excluding carboxylic acids is 3. The molecule has 0 saturated carbocycles. The number of nitro groups is 1. The molecule has 0 N–H and O–H groups in total. The van der Waals surface area contributed by atoms with Gasteiger partial charge in [0.05, 0.1) is 16.1 Å². The zero-order valence-electron chi connectivity index (χ0n) is 14.8. The Morgan fingerprint density at radius 2 is 1.78 bits per heavy atom. The molecule has 0 bridgehead atoms. The summed E-state index contributed by atoms with van der Waals surface area (Å²) < 4.78 is 0. The maximum absolute atomic E-state index is 12.5. The number of rotatable bonds is 5. The van der Waals surface area contributed by atoms with Crippen LogP contribution >= 0.6 is 0 Å². The Morgan fingerprint density at radius 3 is 2.44 bits per heavy atom. The van der Waals surface area contributed by atoms with Crippen molar-refractivity contribution in [3.05, 3.63) is 74.8 Å². The number of aryl methyl sites for hydroxylation is 1. The van der Waals surface area contributed by atoms with Crippen LogP contribution < -0.4 is 0 Å². The summed E-state index contributed by atoms with van der Waals surface area (Å²) in [7, 11) is 1.60. The van der Waals surface area contributed by atoms with E-state index >= 15 is 0 Å². The first-order valence-electron chi connectivity index (χ1n) is 8.22. The van der Waals surface area contributed by atoms with Crippen molar-refractivity contribution in [3.63, 3.8) is 0 Å². The smallest absolute Gasteiger partial charge is 0.270 e. The molecule has 8 nitrogen and oxygen atoms in total. The minimum atomic E-state index is -0.698. The van der Waals surface area contributed by atoms with Gasteiger partial charge >= 0.3 is 0 Å². The van der Waals surface area contributed by atoms with Crippen LogP contribution in [0.4, 0.5) is 5.69 Å². The predicted octanol–water partition coefficient (Wildman–Crippen LogP) is 2.16. The third-order valence-electron chi connectivity index (χ3n) is 4.55. The summed E-state index contributed by atoms with van der Waals surface area (Å²) >= 11 is 0. The highest BCUT2D eigenvalue weighted by Gasteiger charge is 2.38. The minimum Gasteiger partial charge on any atom is -0.340 e. The number of hydrogen-bond acceptors (Lipinski definition) is 5. The van der Waals surface area contributed by atoms with Crippen LogP contribution in [0.2, 0.25) is 0 Å². The molecule has 1 aliphatic heterocycles. The molecule has 3 amide bonds. The lowest BCUT2D eigenvalue weighted by Crippen LogP contribution is -2.41. The zero-order chi connectivity index (χ0) is 19.7. The highest BCUT2D eigenvalue weighted by molar-refractivity contribution is 6.22. The largest absolute Gasteiger partial charge is 0.340 e. The van der Waals surface area contributed by atoms with Crippen LogP contribution in [0.3, 0.4) is 0 Å². The number of benzene rings is 2. The van der Waals surface area contributed by atoms with Crippen LogP contribution in [-0.4, -0.2) is 46.0 Å². The molecule has 0 unspecified atom stereocenters. The van der Waals surface area contributed by atoms with Crippen molar-refractivity contribution >= 4 is 23.4 Å². The number of non-ortho nitro benzene ring substituents is 1. The minimum absolute atomic E-state index is 0.0523. The van der Waals surface area contributed by atoms with E-state index in [-0.39, 0.29) is 16.8 Å². The monoisotopic (exact) mass is 367 g/mol. The molecule has 0 fully saturated rings. The Kier molecular flexibility index (Phi) is 4.72. The number of carbonyl (C=O) groups is 3. The normalized spacial score (nSPS) is 12.9. The molecule has 8 heteroatoms. The first-order valence-corrected chi connectivity index (χ1v) is 8.22. The van der Waals surface area contributed by atoms with Crippen molar-refractivity contribution in [2.45, 2.75) is 13.5 Å². The molecule has 27 heavy (non-hydrogen) atoms. The van der Waals surface area contributed by atoms with Crippen molar-refractivity contribution in [2.75, 3.05) is 13.6 Å². The molecule has 0 aliphatic carbocycles. The van der Waals surface area contributed by atoms with E-state index in [0.717, 1.165) is 22.1 Å². The summed E-state index contributed by atoms with van der Waals surface area (Å²) in [6.45, 7) is 1.87. The fourth-order valence-corrected chi connectivity index (χ4v) is 2.92. The number of hydrogen-bond donors (Lipinski definition) is 0. The van der Waals surface area contributed by atoms with Crippen LogP contribution in [-0.2, 0) is 11.3 Å². The van der Waals surface area contributed by atoms with Gasteiger partial charge in [0.15, 0.2) is 0 Å². The van der Waals surface area contributed by atoms with Crippen LogP contribution in [0.15, 0.2) is 42.5 Å². The lowest BCUT2D eigenvalue weighted by molar-refractivity contribution is -0.384. The van der Waals surface area contributed by atoms with Crippen molar-refractivity contribution in [1.29, 1.82) is 0 Å². The summed E-state index contributed by atoms with van der Waals surface area (Å²) in [6, 6.07) is 11.1. The van der Waals surface area contributed by atoms with E-state index in [2.05, 4.69) is 0 Å². The zero-order valence-corrected chi connectivity index (χ0v) is 14.8. The third kappa shape index (κ3) is 3.41. The molecule has 1 heterocycles. The van der Waals surface area contributed by atoms with Crippen LogP contribution in [0.5, 0.6) is 0 Å². The second kappa shape index (κ2) is 6.99. The number of likely N-dealkylation sites (N-methyl/N-ethyl adjacent to an activating group) is 1. The van der Waals surface area contributed by atoms with Crippen molar-refractivity contribution in [1.82, 2.24) is 9.80 Å². The standard InChI is InChI=1S/C19H17N3O5/c1-12-5-3-4-6-13(12)10-20(2)17(23)11-21-18(24)15-8-7-14(22(26)27)9-16(15)19(21)25/h3-9H,10-11H2,1-2H3. The van der Waals surface area contributed by atoms with E-state index in [1.54, 1.807) is 7.05 Å². The fourth-order valence-electron chi connectivity index (χ4n) is 2.92. The molecule has 0 aromatic heterocycles. The Morgan fingerprint density at radius 1 is 1.11 bits per heavy atom. The second-order valence-electron chi connectivity index (χ2n) is 6.36. The second-order valence-corrected chi connectivity index (χ2v) is 6.36. The molecule has 0 spiro atoms. The van der Waals surface area contributed by atoms with Gasteiger partial charge in [-0.25, -0.2) is 0 Å². The SMILES string of the molecule is Cc1ccccc1CN(C)C(=O)CN1C(=O)c2ccc([N+](=O)[O-])cc2C1=O. The highest BCUT2D eigenvalue weighted by Crippen LogP contribution is 2.26. The number of imide groups is 1. The molecule has 0 radical (unpaired) electrons. The van der Waals surface area contributed by atoms with E-state index in [1.165, 1.54) is 17.0 Å². The average molecular weight is 367 g/mol. The highest BCUT2D eigenvalue weighted by atomic mass is 16.6. The number of nitrogens with zero attached hydrogens (tertiary/aromatic N) is 3. The van der Waals surface area contributed by atoms with E-state index in [1.807, 2.05) is 31.2 Å². The van der Waals surface area contributed by atoms with Crippen LogP contribution in [0.1, 0.15) is 31.8 Å². The van der Waals surface area contributed by atoms with Gasteiger partial charge in [-0.2, -0.15) is 0 Å². The lowest BCUT2D eigenvalue weighted by atomic mass is 10.1. The molecule has 2 aromatic rings. The molecular formula is C19H17N3O5. The molecule has 0 saturated heterocycles. The summed E-state index contributed by atoms with van der Waals surface area (Å²) in [5.41, 5.74) is 1.74. The van der Waals surface area contributed by atoms with E-state index in [9.17, 15) is 24.5 Å². The summed E-state index contributed by atoms with van der Waals surface area (Å²) in [5, 5.41) is 10.9. The summed E-state index contributed by atoms with van der Waals surface area (Å²) in [5.74, 6) is -1.72. The summed E-state index contributed by atoms with van der Waals surface area (Å²) in [6.07, 6.45) is 0. The predicted molar refractivity (Wildman–Crippen MR) is 96.1 cm³/mol. The maximum atomic E-state index is 12.5. The van der Waals surface area contributed by atoms with Gasteiger partial charge in [0.2, 0.25) is 5.91 Å². The van der Waals surface area contributed by atoms with Crippen molar-refractivity contribution in [2.24, 2.45) is 0 Å². The molecule has 138 valence electrons. The number of fused-ring (bicyclic) bond motifs is 1. The number of nitro benzene ring substituents is 1. The van der Waals surface area contributed by atoms with Gasteiger partial charge in [0.25, 0.3) is 17.5 Å². The topological polar surface area (TPSA) is 101 Å². The first-order chi connectivity index (χ1) is 12.8. The Labute approximate surface area is 155 Å². The van der Waals surface area contributed by atoms with Gasteiger partial charge in [0, 0.05) is 25.7 Å². The molecule has 3 rings (SSSR count). The Hall–Kier alpha value is -3.55. The quantitative estimate of drug-likeness (QED) is 0.458. The maximum Gasteiger partial charge on any atom is 0.270 e. The molecule has 1 aliphatic rings. The third-order valence-corrected chi connectivity index (χ3v) is 4.55. The molecular weight excluding hydrogens is 350 g/mol. The summed E-state index contributed by atoms with van der Waals surface area (Å²) in [4.78, 5) is 49.9. The number of amides is 3. The van der Waals surface area contributed by atoms with Crippen LogP contribution in [0, 0.1) is 17.0 Å². The van der Waals surface area contributed by atoms with Gasteiger partial charge in [-0.3, -0.25) is 29.4 Å². The average Bonchev–Trinajstić information content (AvgIpc) is 2.88. The Bertz CT molecular complexity index is 970. The van der Waals surface area contributed by atoms with E-state index in [0.29, 0.717) is 6.54 Å². The lowest BCUT2D eigenvalue weighted by Gasteiger charge is -2.21. The fraction of sp³-hybridized carbons (Fsp3) is 0.211. The van der Waals surface area contributed by atoms with Gasteiger partial charge < -0.3 is 4.90 Å². The van der Waals surface area contributed by atoms with Gasteiger partial charge in [-0.15, -0.1) is 0 Å². The Balaban J connectivity index is 1.74. The van der Waals surface area contributed by atoms with Gasteiger partial charge in [0.1, 0.15) is 6.54 Å². The molecule has 0 atom stereocenters. The van der Waals surface area contributed by atoms with Gasteiger partial charge in [-0.05, 0) is 24.1 Å². The van der Waals surface area contributed by atoms with Crippen molar-refractivity contribution in [3.8, 4) is 0 Å². The van der Waals surface area contributed by atoms with Crippen LogP contribution in [0.25, 0.3) is 0 Å². The van der Waals surface area contributed by atoms with E-state index < -0.39 is 29.2 Å². The van der Waals surface area contributed by atoms with Gasteiger partial charge in [-0.1, -0.05) is 24.3 Å². The van der Waals surface area contributed by atoms with Crippen molar-refractivity contribution < 1.29 is 19.3 Å². The first kappa shape index (κ1) is 18.2. The van der Waals surface area contributed by atoms with E-state index in [4.69, 9.17) is 0 Å². The molecule has 2 aromatic carbocycles.